The molecule has 1 aromatic rings. The molecule has 0 heterocycles. The van der Waals surface area contributed by atoms with E-state index in [0.717, 1.165) is 10.4 Å². The second-order valence-electron chi connectivity index (χ2n) is 4.60. The van der Waals surface area contributed by atoms with Crippen LogP contribution in [0, 0.1) is 0 Å². The lowest BCUT2D eigenvalue weighted by atomic mass is 10.2. The van der Waals surface area contributed by atoms with Gasteiger partial charge in [-0.15, -0.1) is 0 Å². The molecule has 0 radical (unpaired) electrons. The zero-order valence-electron chi connectivity index (χ0n) is 12.7. The highest BCUT2D eigenvalue weighted by Gasteiger charge is 2.25. The van der Waals surface area contributed by atoms with Crippen molar-refractivity contribution in [2.45, 2.75) is 17.9 Å². The van der Waals surface area contributed by atoms with Crippen molar-refractivity contribution in [3.63, 3.8) is 0 Å². The van der Waals surface area contributed by atoms with Gasteiger partial charge in [0.2, 0.25) is 10.0 Å². The van der Waals surface area contributed by atoms with Crippen molar-refractivity contribution in [2.75, 3.05) is 21.2 Å². The predicted molar refractivity (Wildman–Crippen MR) is 77.9 cm³/mol. The lowest BCUT2D eigenvalue weighted by Gasteiger charge is -2.16. The third-order valence-corrected chi connectivity index (χ3v) is 4.68. The van der Waals surface area contributed by atoms with Gasteiger partial charge in [0.1, 0.15) is 10.6 Å². The first kappa shape index (κ1) is 17.9. The number of benzene rings is 1. The second-order valence-corrected chi connectivity index (χ2v) is 6.72. The number of primary amides is 1. The van der Waals surface area contributed by atoms with Crippen LogP contribution < -0.4 is 10.5 Å². The summed E-state index contributed by atoms with van der Waals surface area (Å²) in [4.78, 5) is 22.7. The molecule has 0 bridgehead atoms. The highest BCUT2D eigenvalue weighted by Crippen LogP contribution is 2.27. The molecule has 0 unspecified atom stereocenters. The Kier molecular flexibility index (Phi) is 5.50. The Bertz CT molecular complexity index is 684. The Labute approximate surface area is 128 Å². The van der Waals surface area contributed by atoms with E-state index < -0.39 is 28.0 Å². The van der Waals surface area contributed by atoms with Gasteiger partial charge in [0, 0.05) is 14.1 Å². The third kappa shape index (κ3) is 3.74. The van der Waals surface area contributed by atoms with Gasteiger partial charge in [-0.2, -0.15) is 0 Å². The van der Waals surface area contributed by atoms with Gasteiger partial charge in [-0.05, 0) is 25.1 Å². The van der Waals surface area contributed by atoms with Gasteiger partial charge in [0.25, 0.3) is 5.91 Å². The fourth-order valence-corrected chi connectivity index (χ4v) is 2.56. The molecule has 0 spiro atoms. The van der Waals surface area contributed by atoms with Crippen LogP contribution in [0.5, 0.6) is 5.75 Å². The van der Waals surface area contributed by atoms with Gasteiger partial charge in [0.05, 0.1) is 12.7 Å². The SMILES string of the molecule is COc1ccc(C(=O)O[C@H](C)C(N)=O)cc1S(=O)(=O)N(C)C. The van der Waals surface area contributed by atoms with Crippen LogP contribution in [0.25, 0.3) is 0 Å². The molecule has 9 heteroatoms. The number of rotatable bonds is 6. The number of carbonyl (C=O) groups is 2. The van der Waals surface area contributed by atoms with Gasteiger partial charge in [-0.3, -0.25) is 4.79 Å². The summed E-state index contributed by atoms with van der Waals surface area (Å²) in [6.07, 6.45) is -1.12. The first-order valence-corrected chi connectivity index (χ1v) is 7.66. The van der Waals surface area contributed by atoms with Crippen LogP contribution in [0.15, 0.2) is 23.1 Å². The Hall–Kier alpha value is -2.13. The molecule has 0 saturated heterocycles. The van der Waals surface area contributed by atoms with Crippen molar-refractivity contribution in [3.8, 4) is 5.75 Å². The number of sulfonamides is 1. The number of hydrogen-bond donors (Lipinski definition) is 1. The van der Waals surface area contributed by atoms with E-state index in [1.165, 1.54) is 40.3 Å². The Morgan fingerprint density at radius 1 is 1.27 bits per heavy atom. The van der Waals surface area contributed by atoms with Gasteiger partial charge in [-0.1, -0.05) is 0 Å². The first-order chi connectivity index (χ1) is 10.1. The minimum absolute atomic E-state index is 0.0330. The van der Waals surface area contributed by atoms with E-state index in [2.05, 4.69) is 0 Å². The number of ether oxygens (including phenoxy) is 2. The average molecular weight is 330 g/mol. The summed E-state index contributed by atoms with van der Waals surface area (Å²) in [5, 5.41) is 0. The number of hydrogen-bond acceptors (Lipinski definition) is 6. The molecular weight excluding hydrogens is 312 g/mol. The zero-order valence-corrected chi connectivity index (χ0v) is 13.5. The normalized spacial score (nSPS) is 12.8. The van der Waals surface area contributed by atoms with Crippen LogP contribution >= 0.6 is 0 Å². The second kappa shape index (κ2) is 6.75. The maximum atomic E-state index is 12.2. The highest BCUT2D eigenvalue weighted by atomic mass is 32.2. The van der Waals surface area contributed by atoms with Crippen LogP contribution in [0.4, 0.5) is 0 Å². The first-order valence-electron chi connectivity index (χ1n) is 6.22. The summed E-state index contributed by atoms with van der Waals surface area (Å²) < 4.78 is 35.3. The monoisotopic (exact) mass is 330 g/mol. The maximum Gasteiger partial charge on any atom is 0.338 e. The molecule has 8 nitrogen and oxygen atoms in total. The Balaban J connectivity index is 3.26. The highest BCUT2D eigenvalue weighted by molar-refractivity contribution is 7.89. The van der Waals surface area contributed by atoms with Crippen LogP contribution in [0.1, 0.15) is 17.3 Å². The smallest absolute Gasteiger partial charge is 0.338 e. The number of methoxy groups -OCH3 is 1. The molecule has 0 aliphatic rings. The maximum absolute atomic E-state index is 12.2. The summed E-state index contributed by atoms with van der Waals surface area (Å²) in [7, 11) is 0.217. The van der Waals surface area contributed by atoms with E-state index >= 15 is 0 Å². The molecule has 0 aliphatic carbocycles. The molecule has 1 atom stereocenters. The van der Waals surface area contributed by atoms with Crippen molar-refractivity contribution in [2.24, 2.45) is 5.73 Å². The van der Waals surface area contributed by atoms with Crippen molar-refractivity contribution in [3.05, 3.63) is 23.8 Å². The standard InChI is InChI=1S/C13H18N2O6S/c1-8(12(14)16)21-13(17)9-5-6-10(20-4)11(7-9)22(18,19)15(2)3/h5-8H,1-4H3,(H2,14,16)/t8-/m1/s1. The van der Waals surface area contributed by atoms with Crippen molar-refractivity contribution < 1.29 is 27.5 Å². The van der Waals surface area contributed by atoms with Crippen LogP contribution in [-0.2, 0) is 19.6 Å². The summed E-state index contributed by atoms with van der Waals surface area (Å²) in [5.74, 6) is -1.57. The molecule has 2 N–H and O–H groups in total. The minimum atomic E-state index is -3.81. The lowest BCUT2D eigenvalue weighted by molar-refractivity contribution is -0.125. The van der Waals surface area contributed by atoms with Gasteiger partial charge < -0.3 is 15.2 Å². The zero-order chi connectivity index (χ0) is 17.1. The number of carbonyl (C=O) groups excluding carboxylic acids is 2. The number of nitrogens with two attached hydrogens (primary N) is 1. The van der Waals surface area contributed by atoms with Crippen LogP contribution in [-0.4, -0.2) is 51.9 Å². The van der Waals surface area contributed by atoms with Crippen LogP contribution in [0.2, 0.25) is 0 Å². The molecule has 0 aromatic heterocycles. The largest absolute Gasteiger partial charge is 0.495 e. The van der Waals surface area contributed by atoms with Crippen molar-refractivity contribution >= 4 is 21.9 Å². The average Bonchev–Trinajstić information content (AvgIpc) is 2.45. The molecule has 0 saturated carbocycles. The fourth-order valence-electron chi connectivity index (χ4n) is 1.49. The van der Waals surface area contributed by atoms with Crippen LogP contribution in [0.3, 0.4) is 0 Å². The summed E-state index contributed by atoms with van der Waals surface area (Å²) in [6, 6.07) is 3.80. The number of nitrogens with zero attached hydrogens (tertiary/aromatic N) is 1. The third-order valence-electron chi connectivity index (χ3n) is 2.84. The molecule has 1 rings (SSSR count). The van der Waals surface area contributed by atoms with E-state index in [9.17, 15) is 18.0 Å². The lowest BCUT2D eigenvalue weighted by Crippen LogP contribution is -2.30. The minimum Gasteiger partial charge on any atom is -0.495 e. The van der Waals surface area contributed by atoms with E-state index in [4.69, 9.17) is 15.2 Å². The summed E-state index contributed by atoms with van der Waals surface area (Å²) in [5.41, 5.74) is 4.98. The van der Waals surface area contributed by atoms with Crippen molar-refractivity contribution in [1.29, 1.82) is 0 Å². The summed E-state index contributed by atoms with van der Waals surface area (Å²) >= 11 is 0. The van der Waals surface area contributed by atoms with Crippen molar-refractivity contribution in [1.82, 2.24) is 4.31 Å². The molecule has 122 valence electrons. The van der Waals surface area contributed by atoms with E-state index in [-0.39, 0.29) is 16.2 Å². The quantitative estimate of drug-likeness (QED) is 0.733. The topological polar surface area (TPSA) is 116 Å². The predicted octanol–water partition coefficient (Wildman–Crippen LogP) is -0.0239. The Morgan fingerprint density at radius 3 is 2.32 bits per heavy atom. The molecular formula is C13H18N2O6S. The van der Waals surface area contributed by atoms with E-state index in [1.54, 1.807) is 0 Å². The molecule has 1 aromatic carbocycles. The molecule has 22 heavy (non-hydrogen) atoms. The number of esters is 1. The van der Waals surface area contributed by atoms with E-state index in [1.807, 2.05) is 0 Å². The fraction of sp³-hybridized carbons (Fsp3) is 0.385. The number of amides is 1. The summed E-state index contributed by atoms with van der Waals surface area (Å²) in [6.45, 7) is 1.32. The molecule has 0 fully saturated rings. The molecule has 1 amide bonds. The molecule has 0 aliphatic heterocycles. The Morgan fingerprint density at radius 2 is 1.86 bits per heavy atom. The van der Waals surface area contributed by atoms with Gasteiger partial charge in [0.15, 0.2) is 6.10 Å². The van der Waals surface area contributed by atoms with Gasteiger partial charge >= 0.3 is 5.97 Å². The van der Waals surface area contributed by atoms with E-state index in [0.29, 0.717) is 0 Å². The van der Waals surface area contributed by atoms with Gasteiger partial charge in [-0.25, -0.2) is 17.5 Å².